The van der Waals surface area contributed by atoms with Gasteiger partial charge < -0.3 is 28.6 Å². The highest BCUT2D eigenvalue weighted by atomic mass is 16.5. The average molecular weight is 539 g/mol. The van der Waals surface area contributed by atoms with E-state index in [4.69, 9.17) is 23.7 Å². The van der Waals surface area contributed by atoms with E-state index in [1.165, 1.54) is 42.6 Å². The van der Waals surface area contributed by atoms with Crippen molar-refractivity contribution in [2.45, 2.75) is 50.7 Å². The van der Waals surface area contributed by atoms with Gasteiger partial charge in [0.05, 0.1) is 45.3 Å². The smallest absolute Gasteiger partial charge is 0.142 e. The Morgan fingerprint density at radius 2 is 1.77 bits per heavy atom. The van der Waals surface area contributed by atoms with E-state index >= 15 is 0 Å². The highest BCUT2D eigenvalue weighted by molar-refractivity contribution is 5.61. The molecule has 0 unspecified atom stereocenters. The second-order valence-electron chi connectivity index (χ2n) is 11.1. The predicted molar refractivity (Wildman–Crippen MR) is 154 cm³/mol. The van der Waals surface area contributed by atoms with Crippen LogP contribution in [0, 0.1) is 5.92 Å². The van der Waals surface area contributed by atoms with Crippen LogP contribution in [-0.4, -0.2) is 84.4 Å². The fraction of sp³-hybridized carbons (Fsp3) is 0.625. The summed E-state index contributed by atoms with van der Waals surface area (Å²) in [5.41, 5.74) is 3.75. The van der Waals surface area contributed by atoms with E-state index in [0.29, 0.717) is 12.5 Å². The minimum Gasteiger partial charge on any atom is -0.497 e. The van der Waals surface area contributed by atoms with Gasteiger partial charge in [0.15, 0.2) is 0 Å². The Kier molecular flexibility index (Phi) is 10.4. The van der Waals surface area contributed by atoms with Gasteiger partial charge in [0.25, 0.3) is 0 Å². The molecule has 3 atom stereocenters. The van der Waals surface area contributed by atoms with Crippen molar-refractivity contribution in [1.29, 1.82) is 0 Å². The molecule has 2 aliphatic heterocycles. The first-order valence-electron chi connectivity index (χ1n) is 14.8. The van der Waals surface area contributed by atoms with Crippen LogP contribution in [0.3, 0.4) is 0 Å². The molecule has 2 heterocycles. The Bertz CT molecular complexity index is 1010. The Morgan fingerprint density at radius 3 is 2.56 bits per heavy atom. The summed E-state index contributed by atoms with van der Waals surface area (Å²) in [6, 6.07) is 15.2. The number of ether oxygens (including phenoxy) is 5. The third kappa shape index (κ3) is 7.66. The van der Waals surface area contributed by atoms with E-state index in [-0.39, 0.29) is 6.10 Å². The number of hydrogen-bond acceptors (Lipinski definition) is 7. The maximum atomic E-state index is 6.72. The zero-order valence-electron chi connectivity index (χ0n) is 23.8. The van der Waals surface area contributed by atoms with E-state index < -0.39 is 0 Å². The van der Waals surface area contributed by atoms with Crippen molar-refractivity contribution in [3.05, 3.63) is 53.6 Å². The maximum Gasteiger partial charge on any atom is 0.142 e. The molecule has 2 aromatic carbocycles. The van der Waals surface area contributed by atoms with Gasteiger partial charge in [-0.3, -0.25) is 4.90 Å². The van der Waals surface area contributed by atoms with Gasteiger partial charge in [-0.2, -0.15) is 0 Å². The van der Waals surface area contributed by atoms with Gasteiger partial charge in [-0.05, 0) is 80.0 Å². The number of hydrogen-bond donors (Lipinski definition) is 0. The van der Waals surface area contributed by atoms with E-state index in [9.17, 15) is 0 Å². The lowest BCUT2D eigenvalue weighted by atomic mass is 9.75. The molecule has 1 saturated heterocycles. The van der Waals surface area contributed by atoms with Crippen LogP contribution in [0.1, 0.15) is 49.1 Å². The monoisotopic (exact) mass is 538 g/mol. The van der Waals surface area contributed by atoms with Crippen LogP contribution in [0.2, 0.25) is 0 Å². The molecule has 3 aliphatic rings. The zero-order valence-corrected chi connectivity index (χ0v) is 23.8. The van der Waals surface area contributed by atoms with Gasteiger partial charge in [-0.1, -0.05) is 18.2 Å². The molecule has 39 heavy (non-hydrogen) atoms. The molecule has 1 saturated carbocycles. The highest BCUT2D eigenvalue weighted by Gasteiger charge is 2.33. The van der Waals surface area contributed by atoms with Crippen LogP contribution in [0.4, 0.5) is 5.69 Å². The van der Waals surface area contributed by atoms with Crippen molar-refractivity contribution < 1.29 is 23.7 Å². The van der Waals surface area contributed by atoms with E-state index in [2.05, 4.69) is 52.3 Å². The van der Waals surface area contributed by atoms with Gasteiger partial charge in [0, 0.05) is 39.3 Å². The Hall–Kier alpha value is -2.32. The molecule has 0 aromatic heterocycles. The molecular weight excluding hydrogens is 492 g/mol. The van der Waals surface area contributed by atoms with Crippen molar-refractivity contribution in [2.24, 2.45) is 5.92 Å². The molecule has 0 N–H and O–H groups in total. The van der Waals surface area contributed by atoms with Crippen LogP contribution in [0.15, 0.2) is 42.5 Å². The van der Waals surface area contributed by atoms with Crippen LogP contribution in [-0.2, 0) is 20.8 Å². The summed E-state index contributed by atoms with van der Waals surface area (Å²) in [4.78, 5) is 4.98. The summed E-state index contributed by atoms with van der Waals surface area (Å²) >= 11 is 0. The van der Waals surface area contributed by atoms with E-state index in [1.807, 2.05) is 0 Å². The standard InChI is InChI=1S/C32H46N2O5/c1-35-18-3-13-34-17-21-38-32-11-5-26(23-30(32)34)24-39-31-10-4-25(12-14-33-15-19-37-20-16-33)22-29(31)27-6-8-28(36-2)9-7-27/h5-9,11,23,25,29,31H,3-4,10,12-22,24H2,1-2H3/t25-,29+,31-/m0/s1. The zero-order chi connectivity index (χ0) is 26.9. The normalized spacial score (nSPS) is 23.7. The largest absolute Gasteiger partial charge is 0.497 e. The molecule has 7 nitrogen and oxygen atoms in total. The molecule has 0 amide bonds. The van der Waals surface area contributed by atoms with Crippen molar-refractivity contribution in [3.8, 4) is 11.5 Å². The first kappa shape index (κ1) is 28.2. The molecule has 7 heteroatoms. The van der Waals surface area contributed by atoms with Gasteiger partial charge in [0.2, 0.25) is 0 Å². The SMILES string of the molecule is COCCCN1CCOc2ccc(CO[C@H]3CC[C@@H](CCN4CCOCC4)C[C@@H]3c3ccc(OC)cc3)cc21. The van der Waals surface area contributed by atoms with Gasteiger partial charge in [-0.15, -0.1) is 0 Å². The summed E-state index contributed by atoms with van der Waals surface area (Å²) < 4.78 is 28.9. The third-order valence-electron chi connectivity index (χ3n) is 8.62. The first-order valence-corrected chi connectivity index (χ1v) is 14.8. The van der Waals surface area contributed by atoms with Crippen molar-refractivity contribution in [2.75, 3.05) is 78.3 Å². The molecule has 5 rings (SSSR count). The fourth-order valence-electron chi connectivity index (χ4n) is 6.33. The summed E-state index contributed by atoms with van der Waals surface area (Å²) in [7, 11) is 3.49. The average Bonchev–Trinajstić information content (AvgIpc) is 3.00. The Labute approximate surface area is 234 Å². The lowest BCUT2D eigenvalue weighted by Crippen LogP contribution is -2.38. The van der Waals surface area contributed by atoms with Gasteiger partial charge in [0.1, 0.15) is 18.1 Å². The van der Waals surface area contributed by atoms with Crippen LogP contribution < -0.4 is 14.4 Å². The number of anilines is 1. The molecule has 0 bridgehead atoms. The minimum atomic E-state index is 0.211. The Morgan fingerprint density at radius 1 is 0.923 bits per heavy atom. The van der Waals surface area contributed by atoms with Gasteiger partial charge >= 0.3 is 0 Å². The quantitative estimate of drug-likeness (QED) is 0.348. The lowest BCUT2D eigenvalue weighted by Gasteiger charge is -2.38. The maximum absolute atomic E-state index is 6.72. The first-order chi connectivity index (χ1) is 19.2. The topological polar surface area (TPSA) is 52.6 Å². The molecule has 2 fully saturated rings. The van der Waals surface area contributed by atoms with Crippen LogP contribution >= 0.6 is 0 Å². The molecule has 0 spiro atoms. The van der Waals surface area contributed by atoms with Crippen molar-refractivity contribution in [1.82, 2.24) is 4.90 Å². The summed E-state index contributed by atoms with van der Waals surface area (Å²) in [5.74, 6) is 2.99. The molecule has 1 aliphatic carbocycles. The summed E-state index contributed by atoms with van der Waals surface area (Å²) in [5, 5.41) is 0. The van der Waals surface area contributed by atoms with E-state index in [1.54, 1.807) is 14.2 Å². The van der Waals surface area contributed by atoms with E-state index in [0.717, 1.165) is 82.9 Å². The van der Waals surface area contributed by atoms with Crippen molar-refractivity contribution >= 4 is 5.69 Å². The number of benzene rings is 2. The molecular formula is C32H46N2O5. The number of fused-ring (bicyclic) bond motifs is 1. The number of morpholine rings is 1. The lowest BCUT2D eigenvalue weighted by molar-refractivity contribution is -0.0121. The second kappa shape index (κ2) is 14.4. The molecule has 0 radical (unpaired) electrons. The highest BCUT2D eigenvalue weighted by Crippen LogP contribution is 2.41. The van der Waals surface area contributed by atoms with Gasteiger partial charge in [-0.25, -0.2) is 0 Å². The second-order valence-corrected chi connectivity index (χ2v) is 11.1. The van der Waals surface area contributed by atoms with Crippen molar-refractivity contribution in [3.63, 3.8) is 0 Å². The number of rotatable bonds is 12. The summed E-state index contributed by atoms with van der Waals surface area (Å²) in [6.07, 6.45) is 5.97. The van der Waals surface area contributed by atoms with Crippen LogP contribution in [0.25, 0.3) is 0 Å². The predicted octanol–water partition coefficient (Wildman–Crippen LogP) is 5.12. The molecule has 214 valence electrons. The third-order valence-corrected chi connectivity index (χ3v) is 8.62. The number of nitrogens with zero attached hydrogens (tertiary/aromatic N) is 2. The summed E-state index contributed by atoms with van der Waals surface area (Å²) in [6.45, 7) is 9.06. The fourth-order valence-corrected chi connectivity index (χ4v) is 6.33. The Balaban J connectivity index is 1.23. The minimum absolute atomic E-state index is 0.211. The molecule has 2 aromatic rings. The number of methoxy groups -OCH3 is 2. The van der Waals surface area contributed by atoms with Crippen LogP contribution in [0.5, 0.6) is 11.5 Å².